The van der Waals surface area contributed by atoms with Crippen molar-refractivity contribution in [1.82, 2.24) is 14.3 Å². The van der Waals surface area contributed by atoms with Gasteiger partial charge >= 0.3 is 6.03 Å². The van der Waals surface area contributed by atoms with Gasteiger partial charge in [0.05, 0.1) is 11.4 Å². The average molecular weight is 390 g/mol. The molecule has 6 heteroatoms. The van der Waals surface area contributed by atoms with Crippen LogP contribution in [0.5, 0.6) is 0 Å². The third kappa shape index (κ3) is 3.83. The van der Waals surface area contributed by atoms with Crippen molar-refractivity contribution in [2.24, 2.45) is 7.05 Å². The van der Waals surface area contributed by atoms with E-state index in [1.54, 1.807) is 9.36 Å². The highest BCUT2D eigenvalue weighted by molar-refractivity contribution is 5.90. The van der Waals surface area contributed by atoms with Crippen LogP contribution in [0.2, 0.25) is 0 Å². The minimum atomic E-state index is -0.226. The first kappa shape index (κ1) is 19.1. The highest BCUT2D eigenvalue weighted by atomic mass is 16.2. The topological polar surface area (TPSA) is 59.3 Å². The van der Waals surface area contributed by atoms with Crippen molar-refractivity contribution >= 4 is 11.7 Å². The number of anilines is 1. The molecule has 1 aliphatic rings. The molecule has 2 amide bonds. The van der Waals surface area contributed by atoms with Gasteiger partial charge in [-0.3, -0.25) is 9.48 Å². The monoisotopic (exact) mass is 390 g/mol. The number of para-hydroxylation sites is 1. The highest BCUT2D eigenvalue weighted by Crippen LogP contribution is 2.29. The van der Waals surface area contributed by atoms with Gasteiger partial charge in [0.25, 0.3) is 5.56 Å². The summed E-state index contributed by atoms with van der Waals surface area (Å²) in [4.78, 5) is 28.0. The predicted octanol–water partition coefficient (Wildman–Crippen LogP) is 3.99. The van der Waals surface area contributed by atoms with E-state index in [1.165, 1.54) is 5.56 Å². The van der Waals surface area contributed by atoms with Gasteiger partial charge in [0, 0.05) is 19.6 Å². The Labute approximate surface area is 170 Å². The average Bonchev–Trinajstić information content (AvgIpc) is 3.53. The van der Waals surface area contributed by atoms with E-state index in [4.69, 9.17) is 0 Å². The molecule has 0 spiro atoms. The predicted molar refractivity (Wildman–Crippen MR) is 115 cm³/mol. The molecule has 0 saturated heterocycles. The normalized spacial score (nSPS) is 13.3. The minimum absolute atomic E-state index is 0.223. The molecule has 1 fully saturated rings. The Bertz CT molecular complexity index is 1080. The molecule has 1 heterocycles. The molecule has 1 aromatic heterocycles. The number of carbonyl (C=O) groups excluding carboxylic acids is 1. The van der Waals surface area contributed by atoms with E-state index in [-0.39, 0.29) is 17.6 Å². The number of carbonyl (C=O) groups is 1. The van der Waals surface area contributed by atoms with Crippen molar-refractivity contribution in [2.45, 2.75) is 39.3 Å². The molecule has 1 N–H and O–H groups in total. The second kappa shape index (κ2) is 7.62. The van der Waals surface area contributed by atoms with Gasteiger partial charge in [-0.2, -0.15) is 0 Å². The van der Waals surface area contributed by atoms with Gasteiger partial charge in [-0.25, -0.2) is 9.48 Å². The van der Waals surface area contributed by atoms with Crippen LogP contribution in [0.15, 0.2) is 59.4 Å². The van der Waals surface area contributed by atoms with Crippen LogP contribution in [0.4, 0.5) is 10.5 Å². The number of rotatable bonds is 5. The number of amides is 2. The van der Waals surface area contributed by atoms with Gasteiger partial charge in [0.2, 0.25) is 0 Å². The summed E-state index contributed by atoms with van der Waals surface area (Å²) in [5.74, 6) is 0. The van der Waals surface area contributed by atoms with Crippen molar-refractivity contribution in [1.29, 1.82) is 0 Å². The number of benzene rings is 2. The third-order valence-corrected chi connectivity index (χ3v) is 5.51. The maximum atomic E-state index is 13.1. The Morgan fingerprint density at radius 2 is 1.72 bits per heavy atom. The summed E-state index contributed by atoms with van der Waals surface area (Å²) in [7, 11) is 1.82. The number of hydrogen-bond acceptors (Lipinski definition) is 2. The van der Waals surface area contributed by atoms with Gasteiger partial charge in [0.15, 0.2) is 0 Å². The van der Waals surface area contributed by atoms with E-state index < -0.39 is 0 Å². The molecule has 0 aliphatic heterocycles. The van der Waals surface area contributed by atoms with Crippen LogP contribution >= 0.6 is 0 Å². The van der Waals surface area contributed by atoms with Crippen molar-refractivity contribution in [2.75, 3.05) is 5.32 Å². The van der Waals surface area contributed by atoms with Crippen molar-refractivity contribution in [3.05, 3.63) is 81.8 Å². The van der Waals surface area contributed by atoms with E-state index in [2.05, 4.69) is 17.4 Å². The summed E-state index contributed by atoms with van der Waals surface area (Å²) in [6.45, 7) is 4.43. The molecule has 0 unspecified atom stereocenters. The van der Waals surface area contributed by atoms with Crippen LogP contribution in [0.3, 0.4) is 0 Å². The highest BCUT2D eigenvalue weighted by Gasteiger charge is 2.33. The summed E-state index contributed by atoms with van der Waals surface area (Å²) >= 11 is 0. The molecular formula is C23H26N4O2. The number of nitrogens with zero attached hydrogens (tertiary/aromatic N) is 3. The van der Waals surface area contributed by atoms with Crippen LogP contribution in [-0.2, 0) is 13.6 Å². The van der Waals surface area contributed by atoms with E-state index in [0.717, 1.165) is 29.8 Å². The molecule has 1 saturated carbocycles. The first-order valence-corrected chi connectivity index (χ1v) is 9.93. The summed E-state index contributed by atoms with van der Waals surface area (Å²) in [6.07, 6.45) is 2.00. The van der Waals surface area contributed by atoms with Crippen molar-refractivity contribution in [3.63, 3.8) is 0 Å². The number of hydrogen-bond donors (Lipinski definition) is 1. The van der Waals surface area contributed by atoms with Gasteiger partial charge in [0.1, 0.15) is 5.69 Å². The van der Waals surface area contributed by atoms with Gasteiger partial charge in [-0.15, -0.1) is 0 Å². The lowest BCUT2D eigenvalue weighted by atomic mass is 10.1. The zero-order valence-corrected chi connectivity index (χ0v) is 17.1. The van der Waals surface area contributed by atoms with Gasteiger partial charge in [-0.1, -0.05) is 48.0 Å². The Morgan fingerprint density at radius 3 is 2.34 bits per heavy atom. The summed E-state index contributed by atoms with van der Waals surface area (Å²) in [5.41, 5.74) is 3.87. The zero-order chi connectivity index (χ0) is 20.5. The second-order valence-electron chi connectivity index (χ2n) is 7.71. The summed E-state index contributed by atoms with van der Waals surface area (Å²) < 4.78 is 3.35. The number of aryl methyl sites for hydroxylation is 1. The molecule has 150 valence electrons. The van der Waals surface area contributed by atoms with E-state index in [1.807, 2.05) is 68.3 Å². The smallest absolute Gasteiger partial charge is 0.317 e. The first-order valence-electron chi connectivity index (χ1n) is 9.93. The standard InChI is InChI=1S/C23H26N4O2/c1-16-9-11-18(12-10-16)15-26(19-13-14-19)23(29)24-21-17(2)25(3)27(22(21)28)20-7-5-4-6-8-20/h4-12,19H,13-15H2,1-3H3,(H,24,29). The SMILES string of the molecule is Cc1ccc(CN(C(=O)Nc2c(C)n(C)n(-c3ccccc3)c2=O)C2CC2)cc1. The lowest BCUT2D eigenvalue weighted by molar-refractivity contribution is 0.206. The lowest BCUT2D eigenvalue weighted by Crippen LogP contribution is -2.37. The molecule has 2 aromatic carbocycles. The van der Waals surface area contributed by atoms with E-state index in [0.29, 0.717) is 12.2 Å². The quantitative estimate of drug-likeness (QED) is 0.716. The zero-order valence-electron chi connectivity index (χ0n) is 17.1. The fraction of sp³-hybridized carbons (Fsp3) is 0.304. The van der Waals surface area contributed by atoms with Crippen LogP contribution < -0.4 is 10.9 Å². The largest absolute Gasteiger partial charge is 0.322 e. The Kier molecular flexibility index (Phi) is 5.01. The second-order valence-corrected chi connectivity index (χ2v) is 7.71. The fourth-order valence-corrected chi connectivity index (χ4v) is 3.53. The molecule has 3 aromatic rings. The summed E-state index contributed by atoms with van der Waals surface area (Å²) in [6, 6.07) is 17.7. The molecule has 0 radical (unpaired) electrons. The molecule has 4 rings (SSSR count). The van der Waals surface area contributed by atoms with Crippen LogP contribution in [0.25, 0.3) is 5.69 Å². The molecule has 0 bridgehead atoms. The molecular weight excluding hydrogens is 364 g/mol. The first-order chi connectivity index (χ1) is 14.0. The lowest BCUT2D eigenvalue weighted by Gasteiger charge is -2.22. The number of urea groups is 1. The third-order valence-electron chi connectivity index (χ3n) is 5.51. The molecule has 0 atom stereocenters. The maximum Gasteiger partial charge on any atom is 0.322 e. The fourth-order valence-electron chi connectivity index (χ4n) is 3.53. The van der Waals surface area contributed by atoms with Crippen molar-refractivity contribution < 1.29 is 4.79 Å². The van der Waals surface area contributed by atoms with Crippen LogP contribution in [-0.4, -0.2) is 26.3 Å². The van der Waals surface area contributed by atoms with Gasteiger partial charge < -0.3 is 10.2 Å². The van der Waals surface area contributed by atoms with Gasteiger partial charge in [-0.05, 0) is 44.4 Å². The Balaban J connectivity index is 1.60. The summed E-state index contributed by atoms with van der Waals surface area (Å²) in [5, 5.41) is 2.90. The Hall–Kier alpha value is -3.28. The molecule has 29 heavy (non-hydrogen) atoms. The molecule has 6 nitrogen and oxygen atoms in total. The van der Waals surface area contributed by atoms with E-state index >= 15 is 0 Å². The maximum absolute atomic E-state index is 13.1. The Morgan fingerprint density at radius 1 is 1.07 bits per heavy atom. The number of nitrogens with one attached hydrogen (secondary N) is 1. The molecule has 1 aliphatic carbocycles. The number of aromatic nitrogens is 2. The minimum Gasteiger partial charge on any atom is -0.317 e. The van der Waals surface area contributed by atoms with Crippen LogP contribution in [0.1, 0.15) is 29.7 Å². The van der Waals surface area contributed by atoms with Crippen LogP contribution in [0, 0.1) is 13.8 Å². The van der Waals surface area contributed by atoms with E-state index in [9.17, 15) is 9.59 Å². The van der Waals surface area contributed by atoms with Crippen molar-refractivity contribution in [3.8, 4) is 5.69 Å².